The molecule has 28 heavy (non-hydrogen) atoms. The van der Waals surface area contributed by atoms with Crippen LogP contribution in [0.2, 0.25) is 0 Å². The molecule has 1 fully saturated rings. The number of carbonyl (C=O) groups is 3. The molecule has 0 saturated carbocycles. The van der Waals surface area contributed by atoms with E-state index in [1.807, 2.05) is 19.9 Å². The first-order valence-corrected chi connectivity index (χ1v) is 9.83. The maximum atomic E-state index is 12.5. The molecule has 0 aromatic heterocycles. The van der Waals surface area contributed by atoms with Gasteiger partial charge in [-0.15, -0.1) is 0 Å². The van der Waals surface area contributed by atoms with Crippen LogP contribution >= 0.6 is 0 Å². The zero-order valence-electron chi connectivity index (χ0n) is 17.1. The SMILES string of the molecule is CC(C)[C@@H](NC(=O)Nc1ccccc1)C(=O)OCC(=O)N1C[C@H](C)C[C@@H](C)C1. The van der Waals surface area contributed by atoms with E-state index in [0.717, 1.165) is 6.42 Å². The molecule has 3 amide bonds. The van der Waals surface area contributed by atoms with Crippen LogP contribution in [0.15, 0.2) is 30.3 Å². The van der Waals surface area contributed by atoms with Gasteiger partial charge in [-0.2, -0.15) is 0 Å². The monoisotopic (exact) mass is 389 g/mol. The van der Waals surface area contributed by atoms with Crippen molar-refractivity contribution in [2.45, 2.75) is 40.2 Å². The maximum absolute atomic E-state index is 12.5. The van der Waals surface area contributed by atoms with Gasteiger partial charge in [0.25, 0.3) is 5.91 Å². The van der Waals surface area contributed by atoms with Gasteiger partial charge in [-0.25, -0.2) is 9.59 Å². The number of piperidine rings is 1. The van der Waals surface area contributed by atoms with Crippen molar-refractivity contribution in [1.82, 2.24) is 10.2 Å². The fraction of sp³-hybridized carbons (Fsp3) is 0.571. The van der Waals surface area contributed by atoms with Crippen molar-refractivity contribution >= 4 is 23.6 Å². The second-order valence-corrected chi connectivity index (χ2v) is 8.04. The number of esters is 1. The minimum atomic E-state index is -0.837. The number of anilines is 1. The summed E-state index contributed by atoms with van der Waals surface area (Å²) in [7, 11) is 0. The van der Waals surface area contributed by atoms with E-state index >= 15 is 0 Å². The van der Waals surface area contributed by atoms with E-state index in [1.54, 1.807) is 29.2 Å². The number of ether oxygens (including phenoxy) is 1. The molecule has 0 spiro atoms. The highest BCUT2D eigenvalue weighted by Gasteiger charge is 2.29. The summed E-state index contributed by atoms with van der Waals surface area (Å²) >= 11 is 0. The van der Waals surface area contributed by atoms with Crippen LogP contribution < -0.4 is 10.6 Å². The number of amides is 3. The lowest BCUT2D eigenvalue weighted by atomic mass is 9.92. The summed E-state index contributed by atoms with van der Waals surface area (Å²) < 4.78 is 5.23. The van der Waals surface area contributed by atoms with Crippen molar-refractivity contribution in [1.29, 1.82) is 0 Å². The molecule has 0 aliphatic carbocycles. The van der Waals surface area contributed by atoms with Crippen LogP contribution in [0.25, 0.3) is 0 Å². The maximum Gasteiger partial charge on any atom is 0.329 e. The van der Waals surface area contributed by atoms with Crippen molar-refractivity contribution in [3.8, 4) is 0 Å². The highest BCUT2D eigenvalue weighted by molar-refractivity contribution is 5.93. The number of para-hydroxylation sites is 1. The van der Waals surface area contributed by atoms with Crippen LogP contribution in [-0.4, -0.2) is 48.5 Å². The van der Waals surface area contributed by atoms with Crippen molar-refractivity contribution in [3.63, 3.8) is 0 Å². The molecular formula is C21H31N3O4. The summed E-state index contributed by atoms with van der Waals surface area (Å²) in [6, 6.07) is 7.62. The lowest BCUT2D eigenvalue weighted by molar-refractivity contribution is -0.155. The Labute approximate surface area is 166 Å². The van der Waals surface area contributed by atoms with Gasteiger partial charge >= 0.3 is 12.0 Å². The van der Waals surface area contributed by atoms with Gasteiger partial charge < -0.3 is 20.3 Å². The standard InChI is InChI=1S/C21H31N3O4/c1-14(2)19(23-21(27)22-17-8-6-5-7-9-17)20(26)28-13-18(25)24-11-15(3)10-16(4)12-24/h5-9,14-16,19H,10-13H2,1-4H3,(H2,22,23,27)/t15-,16-,19-/m1/s1. The third kappa shape index (κ3) is 6.55. The second-order valence-electron chi connectivity index (χ2n) is 8.04. The fourth-order valence-corrected chi connectivity index (χ4v) is 3.51. The molecule has 1 heterocycles. The van der Waals surface area contributed by atoms with Gasteiger partial charge in [-0.3, -0.25) is 4.79 Å². The molecule has 1 aliphatic heterocycles. The molecule has 3 atom stereocenters. The Morgan fingerprint density at radius 1 is 1.11 bits per heavy atom. The third-order valence-electron chi connectivity index (χ3n) is 4.80. The average Bonchev–Trinajstić information content (AvgIpc) is 2.63. The molecule has 1 aromatic carbocycles. The predicted octanol–water partition coefficient (Wildman–Crippen LogP) is 2.88. The smallest absolute Gasteiger partial charge is 0.329 e. The van der Waals surface area contributed by atoms with Crippen LogP contribution in [0.5, 0.6) is 0 Å². The van der Waals surface area contributed by atoms with Gasteiger partial charge in [0.15, 0.2) is 6.61 Å². The van der Waals surface area contributed by atoms with Gasteiger partial charge in [0, 0.05) is 18.8 Å². The van der Waals surface area contributed by atoms with Crippen LogP contribution in [0, 0.1) is 17.8 Å². The Balaban J connectivity index is 1.86. The van der Waals surface area contributed by atoms with Crippen molar-refractivity contribution in [2.75, 3.05) is 25.0 Å². The van der Waals surface area contributed by atoms with E-state index in [-0.39, 0.29) is 18.4 Å². The molecule has 0 radical (unpaired) electrons. The molecule has 154 valence electrons. The second kappa shape index (κ2) is 10.1. The van der Waals surface area contributed by atoms with E-state index in [9.17, 15) is 14.4 Å². The Morgan fingerprint density at radius 2 is 1.71 bits per heavy atom. The van der Waals surface area contributed by atoms with Gasteiger partial charge in [-0.1, -0.05) is 45.9 Å². The summed E-state index contributed by atoms with van der Waals surface area (Å²) in [6.07, 6.45) is 1.10. The molecule has 1 saturated heterocycles. The number of carbonyl (C=O) groups excluding carboxylic acids is 3. The quantitative estimate of drug-likeness (QED) is 0.733. The van der Waals surface area contributed by atoms with Crippen molar-refractivity contribution < 1.29 is 19.1 Å². The zero-order chi connectivity index (χ0) is 20.7. The number of hydrogen-bond acceptors (Lipinski definition) is 4. The number of hydrogen-bond donors (Lipinski definition) is 2. The highest BCUT2D eigenvalue weighted by Crippen LogP contribution is 2.21. The minimum absolute atomic E-state index is 0.181. The summed E-state index contributed by atoms with van der Waals surface area (Å²) in [6.45, 7) is 8.93. The summed E-state index contributed by atoms with van der Waals surface area (Å²) in [4.78, 5) is 38.8. The van der Waals surface area contributed by atoms with Crippen LogP contribution in [0.1, 0.15) is 34.1 Å². The Hall–Kier alpha value is -2.57. The number of nitrogens with zero attached hydrogens (tertiary/aromatic N) is 1. The van der Waals surface area contributed by atoms with Gasteiger partial charge in [0.1, 0.15) is 6.04 Å². The van der Waals surface area contributed by atoms with E-state index < -0.39 is 18.0 Å². The van der Waals surface area contributed by atoms with Crippen LogP contribution in [-0.2, 0) is 14.3 Å². The first-order chi connectivity index (χ1) is 13.3. The van der Waals surface area contributed by atoms with Gasteiger partial charge in [0.05, 0.1) is 0 Å². The Kier molecular flexibility index (Phi) is 7.84. The Morgan fingerprint density at radius 3 is 2.29 bits per heavy atom. The van der Waals surface area contributed by atoms with E-state index in [2.05, 4.69) is 24.5 Å². The molecule has 7 heteroatoms. The molecule has 0 unspecified atom stereocenters. The van der Waals surface area contributed by atoms with Gasteiger partial charge in [0.2, 0.25) is 0 Å². The Bertz CT molecular complexity index is 667. The van der Waals surface area contributed by atoms with Crippen molar-refractivity contribution in [3.05, 3.63) is 30.3 Å². The lowest BCUT2D eigenvalue weighted by Crippen LogP contribution is -2.48. The summed E-state index contributed by atoms with van der Waals surface area (Å²) in [5.41, 5.74) is 0.624. The molecule has 1 aromatic rings. The number of nitrogens with one attached hydrogen (secondary N) is 2. The zero-order valence-corrected chi connectivity index (χ0v) is 17.1. The molecule has 2 rings (SSSR count). The minimum Gasteiger partial charge on any atom is -0.454 e. The third-order valence-corrected chi connectivity index (χ3v) is 4.80. The average molecular weight is 389 g/mol. The fourth-order valence-electron chi connectivity index (χ4n) is 3.51. The lowest BCUT2D eigenvalue weighted by Gasteiger charge is -2.35. The van der Waals surface area contributed by atoms with Crippen LogP contribution in [0.3, 0.4) is 0 Å². The molecule has 2 N–H and O–H groups in total. The van der Waals surface area contributed by atoms with E-state index in [0.29, 0.717) is 30.6 Å². The summed E-state index contributed by atoms with van der Waals surface area (Å²) in [5.74, 6) is -0.0999. The van der Waals surface area contributed by atoms with Crippen LogP contribution in [0.4, 0.5) is 10.5 Å². The van der Waals surface area contributed by atoms with E-state index in [1.165, 1.54) is 0 Å². The largest absolute Gasteiger partial charge is 0.454 e. The number of benzene rings is 1. The summed E-state index contributed by atoms with van der Waals surface area (Å²) in [5, 5.41) is 5.31. The van der Waals surface area contributed by atoms with E-state index in [4.69, 9.17) is 4.74 Å². The normalized spacial score (nSPS) is 20.4. The predicted molar refractivity (Wildman–Crippen MR) is 108 cm³/mol. The molecule has 0 bridgehead atoms. The number of urea groups is 1. The molecule has 1 aliphatic rings. The number of rotatable bonds is 6. The van der Waals surface area contributed by atoms with Crippen molar-refractivity contribution in [2.24, 2.45) is 17.8 Å². The molecule has 7 nitrogen and oxygen atoms in total. The number of likely N-dealkylation sites (tertiary alicyclic amines) is 1. The molecular weight excluding hydrogens is 358 g/mol. The topological polar surface area (TPSA) is 87.7 Å². The first kappa shape index (κ1) is 21.7. The first-order valence-electron chi connectivity index (χ1n) is 9.83. The highest BCUT2D eigenvalue weighted by atomic mass is 16.5. The van der Waals surface area contributed by atoms with Gasteiger partial charge in [-0.05, 0) is 36.3 Å².